The third-order valence-corrected chi connectivity index (χ3v) is 15.6. The number of amides is 8. The maximum atomic E-state index is 13.0. The van der Waals surface area contributed by atoms with Crippen molar-refractivity contribution in [2.24, 2.45) is 11.8 Å². The van der Waals surface area contributed by atoms with Crippen LogP contribution in [0.5, 0.6) is 0 Å². The van der Waals surface area contributed by atoms with Gasteiger partial charge in [-0.25, -0.2) is 9.59 Å². The fourth-order valence-electron chi connectivity index (χ4n) is 9.60. The summed E-state index contributed by atoms with van der Waals surface area (Å²) in [5.74, 6) is -1.40. The third kappa shape index (κ3) is 8.52. The summed E-state index contributed by atoms with van der Waals surface area (Å²) < 4.78 is 0. The zero-order chi connectivity index (χ0) is 45.3. The average Bonchev–Trinajstić information content (AvgIpc) is 4.04. The molecule has 3 aliphatic rings. The molecule has 1 aliphatic carbocycles. The quantitative estimate of drug-likeness (QED) is 0.0817. The van der Waals surface area contributed by atoms with Gasteiger partial charge in [0.2, 0.25) is 0 Å². The van der Waals surface area contributed by atoms with Crippen LogP contribution in [-0.2, 0) is 24.6 Å². The standard InChI is InChI=1S/C51H58N4O6S2/c1-9-13-15-31(11-3)29-51(30-32(12-4)16-14-10-2)41-25-33(43-23-19-35(62-43)27-39-45(56)52(5)49(60)53(6)46(39)57)17-21-37(41)38-22-18-34(26-42(38)51)44-24-20-36(63-44)28-40-47(58)54(7)50(61)55(8)48(40)59/h17-28,31-32H,9-16,29-30H2,1-8H3. The number of carbonyl (C=O) groups is 6. The molecule has 7 rings (SSSR count). The summed E-state index contributed by atoms with van der Waals surface area (Å²) in [6.07, 6.45) is 14.4. The highest BCUT2D eigenvalue weighted by Gasteiger charge is 2.46. The first kappa shape index (κ1) is 45.6. The topological polar surface area (TPSA) is 115 Å². The van der Waals surface area contributed by atoms with E-state index in [1.165, 1.54) is 86.0 Å². The minimum Gasteiger partial charge on any atom is -0.268 e. The zero-order valence-electron chi connectivity index (χ0n) is 37.7. The van der Waals surface area contributed by atoms with E-state index in [2.05, 4.69) is 76.2 Å². The van der Waals surface area contributed by atoms with Crippen molar-refractivity contribution in [1.82, 2.24) is 19.6 Å². The van der Waals surface area contributed by atoms with Crippen LogP contribution < -0.4 is 0 Å². The highest BCUT2D eigenvalue weighted by Crippen LogP contribution is 2.58. The Morgan fingerprint density at radius 1 is 0.524 bits per heavy atom. The molecule has 2 aromatic carbocycles. The van der Waals surface area contributed by atoms with Crippen molar-refractivity contribution in [2.45, 2.75) is 97.3 Å². The molecule has 0 spiro atoms. The molecule has 10 nitrogen and oxygen atoms in total. The Labute approximate surface area is 379 Å². The third-order valence-electron chi connectivity index (χ3n) is 13.4. The molecular formula is C51H58N4O6S2. The van der Waals surface area contributed by atoms with Gasteiger partial charge in [-0.05, 0) is 107 Å². The van der Waals surface area contributed by atoms with Crippen LogP contribution in [0.25, 0.3) is 44.2 Å². The van der Waals surface area contributed by atoms with Crippen LogP contribution in [-0.4, -0.2) is 83.5 Å². The maximum Gasteiger partial charge on any atom is 0.333 e. The minimum absolute atomic E-state index is 0.0373. The molecule has 2 fully saturated rings. The zero-order valence-corrected chi connectivity index (χ0v) is 39.3. The summed E-state index contributed by atoms with van der Waals surface area (Å²) in [5, 5.41) is 0. The molecule has 12 heteroatoms. The molecule has 8 amide bonds. The molecule has 0 bridgehead atoms. The lowest BCUT2D eigenvalue weighted by Crippen LogP contribution is -2.52. The second kappa shape index (κ2) is 18.7. The SMILES string of the molecule is CCCCC(CC)CC1(CC(CC)CCCC)c2cc(-c3ccc(C=C4C(=O)N(C)C(=O)N(C)C4=O)s3)ccc2-c2ccc(-c3ccc(C=C4C(=O)N(C)C(=O)N(C)C4=O)s3)cc21. The number of benzene rings is 2. The molecule has 4 heterocycles. The van der Waals surface area contributed by atoms with Gasteiger partial charge in [-0.1, -0.05) is 103 Å². The van der Waals surface area contributed by atoms with Gasteiger partial charge in [-0.3, -0.25) is 38.8 Å². The molecule has 2 atom stereocenters. The summed E-state index contributed by atoms with van der Waals surface area (Å²) in [5.41, 5.74) is 7.00. The number of barbiturate groups is 2. The van der Waals surface area contributed by atoms with E-state index >= 15 is 0 Å². The average molecular weight is 887 g/mol. The Morgan fingerprint density at radius 3 is 1.22 bits per heavy atom. The lowest BCUT2D eigenvalue weighted by atomic mass is 9.65. The van der Waals surface area contributed by atoms with Crippen molar-refractivity contribution in [3.63, 3.8) is 0 Å². The lowest BCUT2D eigenvalue weighted by Gasteiger charge is -2.39. The molecule has 2 unspecified atom stereocenters. The predicted molar refractivity (Wildman–Crippen MR) is 253 cm³/mol. The van der Waals surface area contributed by atoms with Crippen LogP contribution in [0.4, 0.5) is 9.59 Å². The van der Waals surface area contributed by atoms with Gasteiger partial charge in [-0.2, -0.15) is 0 Å². The van der Waals surface area contributed by atoms with E-state index in [0.717, 1.165) is 102 Å². The fraction of sp³-hybridized carbons (Fsp3) is 0.412. The Kier molecular flexibility index (Phi) is 13.5. The van der Waals surface area contributed by atoms with Gasteiger partial charge < -0.3 is 0 Å². The number of hydrogen-bond acceptors (Lipinski definition) is 8. The molecule has 2 aliphatic heterocycles. The van der Waals surface area contributed by atoms with Crippen molar-refractivity contribution >= 4 is 70.5 Å². The number of thiophene rings is 2. The Morgan fingerprint density at radius 2 is 0.889 bits per heavy atom. The number of hydrogen-bond donors (Lipinski definition) is 0. The highest BCUT2D eigenvalue weighted by atomic mass is 32.1. The highest BCUT2D eigenvalue weighted by molar-refractivity contribution is 7.16. The summed E-state index contributed by atoms with van der Waals surface area (Å²) in [4.78, 5) is 84.4. The van der Waals surface area contributed by atoms with Crippen molar-refractivity contribution < 1.29 is 28.8 Å². The summed E-state index contributed by atoms with van der Waals surface area (Å²) in [6.45, 7) is 9.19. The number of fused-ring (bicyclic) bond motifs is 3. The molecule has 0 radical (unpaired) electrons. The molecule has 2 aromatic heterocycles. The number of rotatable bonds is 16. The molecule has 63 heavy (non-hydrogen) atoms. The molecule has 330 valence electrons. The van der Waals surface area contributed by atoms with E-state index in [-0.39, 0.29) is 16.6 Å². The summed E-state index contributed by atoms with van der Waals surface area (Å²) in [6, 6.07) is 20.4. The number of likely N-dealkylation sites (N-methyl/N-ethyl adjacent to an activating group) is 4. The number of carbonyl (C=O) groups excluding carboxylic acids is 6. The van der Waals surface area contributed by atoms with Gasteiger partial charge in [-0.15, -0.1) is 22.7 Å². The van der Waals surface area contributed by atoms with Crippen molar-refractivity contribution in [3.05, 3.63) is 92.7 Å². The lowest BCUT2D eigenvalue weighted by molar-refractivity contribution is -0.135. The van der Waals surface area contributed by atoms with Crippen LogP contribution in [0.2, 0.25) is 0 Å². The van der Waals surface area contributed by atoms with Gasteiger partial charge >= 0.3 is 12.1 Å². The van der Waals surface area contributed by atoms with E-state index in [4.69, 9.17) is 0 Å². The fourth-order valence-corrected chi connectivity index (χ4v) is 11.5. The van der Waals surface area contributed by atoms with Gasteiger partial charge in [0.1, 0.15) is 11.1 Å². The van der Waals surface area contributed by atoms with E-state index in [1.54, 1.807) is 12.2 Å². The van der Waals surface area contributed by atoms with Crippen molar-refractivity contribution in [1.29, 1.82) is 0 Å². The second-order valence-electron chi connectivity index (χ2n) is 17.4. The van der Waals surface area contributed by atoms with Crippen molar-refractivity contribution in [3.8, 4) is 32.0 Å². The largest absolute Gasteiger partial charge is 0.333 e. The monoisotopic (exact) mass is 886 g/mol. The van der Waals surface area contributed by atoms with E-state index < -0.39 is 35.7 Å². The van der Waals surface area contributed by atoms with Gasteiger partial charge in [0, 0.05) is 53.1 Å². The Hall–Kier alpha value is -5.46. The van der Waals surface area contributed by atoms with Crippen molar-refractivity contribution in [2.75, 3.05) is 28.2 Å². The second-order valence-corrected chi connectivity index (χ2v) is 19.6. The normalized spacial score (nSPS) is 17.2. The first-order valence-corrected chi connectivity index (χ1v) is 23.9. The molecule has 2 saturated heterocycles. The van der Waals surface area contributed by atoms with Crippen LogP contribution in [0.3, 0.4) is 0 Å². The number of nitrogens with zero attached hydrogens (tertiary/aromatic N) is 4. The molecule has 0 saturated carbocycles. The molecular weight excluding hydrogens is 829 g/mol. The van der Waals surface area contributed by atoms with Crippen LogP contribution in [0.15, 0.2) is 71.8 Å². The summed E-state index contributed by atoms with van der Waals surface area (Å²) in [7, 11) is 5.55. The van der Waals surface area contributed by atoms with Crippen LogP contribution in [0.1, 0.15) is 113 Å². The molecule has 4 aromatic rings. The number of unbranched alkanes of at least 4 members (excludes halogenated alkanes) is 2. The van der Waals surface area contributed by atoms with E-state index in [9.17, 15) is 28.8 Å². The number of urea groups is 2. The Bertz CT molecular complexity index is 2320. The maximum absolute atomic E-state index is 13.0. The van der Waals surface area contributed by atoms with Crippen LogP contribution >= 0.6 is 22.7 Å². The summed E-state index contributed by atoms with van der Waals surface area (Å²) >= 11 is 3.04. The van der Waals surface area contributed by atoms with Gasteiger partial charge in [0.05, 0.1) is 0 Å². The van der Waals surface area contributed by atoms with Gasteiger partial charge in [0.25, 0.3) is 23.6 Å². The first-order chi connectivity index (χ1) is 30.2. The van der Waals surface area contributed by atoms with E-state index in [0.29, 0.717) is 11.8 Å². The predicted octanol–water partition coefficient (Wildman–Crippen LogP) is 11.5. The Balaban J connectivity index is 1.34. The van der Waals surface area contributed by atoms with Gasteiger partial charge in [0.15, 0.2) is 0 Å². The smallest absolute Gasteiger partial charge is 0.268 e. The molecule has 0 N–H and O–H groups in total. The van der Waals surface area contributed by atoms with Crippen LogP contribution in [0, 0.1) is 11.8 Å². The number of imide groups is 4. The minimum atomic E-state index is -0.646. The first-order valence-electron chi connectivity index (χ1n) is 22.3. The van der Waals surface area contributed by atoms with E-state index in [1.807, 2.05) is 12.1 Å².